The highest BCUT2D eigenvalue weighted by atomic mass is 16.6. The van der Waals surface area contributed by atoms with Gasteiger partial charge in [-0.05, 0) is 95.9 Å². The van der Waals surface area contributed by atoms with Crippen LogP contribution in [0.2, 0.25) is 0 Å². The average Bonchev–Trinajstić information content (AvgIpc) is 3.12. The number of terminal acetylenes is 1. The lowest BCUT2D eigenvalue weighted by atomic mass is 10.0. The normalized spacial score (nSPS) is 10.4. The van der Waals surface area contributed by atoms with E-state index in [0.29, 0.717) is 35.7 Å². The smallest absolute Gasteiger partial charge is 0.336 e. The van der Waals surface area contributed by atoms with E-state index in [1.165, 1.54) is 24.3 Å². The Labute approximate surface area is 288 Å². The second-order valence-electron chi connectivity index (χ2n) is 10.8. The summed E-state index contributed by atoms with van der Waals surface area (Å²) in [6.07, 6.45) is 7.75. The van der Waals surface area contributed by atoms with E-state index in [-0.39, 0.29) is 35.7 Å². The number of hydrogen-bond acceptors (Lipinski definition) is 8. The Hall–Kier alpha value is -6.77. The molecule has 0 saturated heterocycles. The summed E-state index contributed by atoms with van der Waals surface area (Å²) >= 11 is 0. The molecule has 0 heterocycles. The Morgan fingerprint density at radius 3 is 1.88 bits per heavy atom. The quantitative estimate of drug-likeness (QED) is 0.0495. The van der Waals surface area contributed by atoms with Crippen LogP contribution < -0.4 is 25.0 Å². The molecule has 1 amide bonds. The Balaban J connectivity index is 1.11. The number of carbonyl (C=O) groups excluding carboxylic acids is 1. The molecule has 0 radical (unpaired) electrons. The van der Waals surface area contributed by atoms with Gasteiger partial charge in [0.25, 0.3) is 5.91 Å². The number of carboxylic acids is 2. The number of carbonyl (C=O) groups is 3. The molecule has 11 heteroatoms. The molecule has 0 aliphatic heterocycles. The third-order valence-corrected chi connectivity index (χ3v) is 7.31. The molecule has 0 unspecified atom stereocenters. The molecule has 11 nitrogen and oxygen atoms in total. The number of carboxylic acid groups (broad SMARTS) is 2. The molecule has 0 spiro atoms. The number of nitrogens with one attached hydrogen (secondary N) is 2. The lowest BCUT2D eigenvalue weighted by molar-refractivity contribution is 0.0682. The zero-order chi connectivity index (χ0) is 35.3. The van der Waals surface area contributed by atoms with Gasteiger partial charge in [-0.2, -0.15) is 0 Å². The van der Waals surface area contributed by atoms with Crippen LogP contribution in [0.5, 0.6) is 17.2 Å². The topological polar surface area (TPSA) is 153 Å². The van der Waals surface area contributed by atoms with Crippen molar-refractivity contribution < 1.29 is 43.6 Å². The fraction of sp³-hybridized carbons (Fsp3) is 0.103. The lowest BCUT2D eigenvalue weighted by Gasteiger charge is -2.13. The van der Waals surface area contributed by atoms with Gasteiger partial charge in [0.05, 0.1) is 22.4 Å². The van der Waals surface area contributed by atoms with Crippen molar-refractivity contribution in [1.82, 2.24) is 0 Å². The third kappa shape index (κ3) is 9.63. The van der Waals surface area contributed by atoms with Crippen LogP contribution in [0.25, 0.3) is 0 Å². The molecule has 5 aromatic carbocycles. The van der Waals surface area contributed by atoms with Crippen molar-refractivity contribution in [3.8, 4) is 29.8 Å². The number of rotatable bonds is 16. The standard InChI is InChI=1S/C39H32N2O9/c1-2-47-33-17-19-35(39(45)46)36(24-33)37(42)40-29-12-8-26(9-13-29)22-27-10-14-30(15-11-27)41-50-25-28-23-32(16-18-34(28)38(43)44)49-21-20-48-31-6-4-3-5-7-31/h1,3-19,23-24,41H,20-22,25H2,(H,40,42)(H,43,44)(H,45,46). The highest BCUT2D eigenvalue weighted by Gasteiger charge is 2.18. The third-order valence-electron chi connectivity index (χ3n) is 7.31. The van der Waals surface area contributed by atoms with E-state index in [2.05, 4.69) is 10.8 Å². The van der Waals surface area contributed by atoms with E-state index >= 15 is 0 Å². The van der Waals surface area contributed by atoms with E-state index in [1.54, 1.807) is 24.3 Å². The van der Waals surface area contributed by atoms with Crippen LogP contribution in [0.3, 0.4) is 0 Å². The molecular weight excluding hydrogens is 640 g/mol. The summed E-state index contributed by atoms with van der Waals surface area (Å²) in [4.78, 5) is 41.9. The molecule has 0 aliphatic carbocycles. The summed E-state index contributed by atoms with van der Waals surface area (Å²) in [6, 6.07) is 32.7. The molecule has 0 aliphatic rings. The van der Waals surface area contributed by atoms with E-state index in [1.807, 2.05) is 72.8 Å². The zero-order valence-electron chi connectivity index (χ0n) is 26.6. The van der Waals surface area contributed by atoms with Gasteiger partial charge in [0.1, 0.15) is 43.2 Å². The minimum absolute atomic E-state index is 0.0221. The van der Waals surface area contributed by atoms with Crippen LogP contribution in [0.1, 0.15) is 47.8 Å². The summed E-state index contributed by atoms with van der Waals surface area (Å²) in [5, 5.41) is 21.8. The Morgan fingerprint density at radius 2 is 1.24 bits per heavy atom. The summed E-state index contributed by atoms with van der Waals surface area (Å²) < 4.78 is 16.3. The number of anilines is 2. The maximum atomic E-state index is 12.9. The number of ether oxygens (including phenoxy) is 3. The molecule has 0 aromatic heterocycles. The van der Waals surface area contributed by atoms with Gasteiger partial charge in [0.15, 0.2) is 0 Å². The van der Waals surface area contributed by atoms with Crippen molar-refractivity contribution in [1.29, 1.82) is 0 Å². The first-order valence-electron chi connectivity index (χ1n) is 15.3. The molecular formula is C39H32N2O9. The fourth-order valence-corrected chi connectivity index (χ4v) is 4.88. The van der Waals surface area contributed by atoms with Gasteiger partial charge in [0.2, 0.25) is 0 Å². The van der Waals surface area contributed by atoms with Crippen LogP contribution in [0.15, 0.2) is 115 Å². The minimum Gasteiger partial charge on any atom is -0.490 e. The van der Waals surface area contributed by atoms with Crippen molar-refractivity contribution in [2.75, 3.05) is 24.0 Å². The maximum Gasteiger partial charge on any atom is 0.336 e. The fourth-order valence-electron chi connectivity index (χ4n) is 4.88. The Kier molecular flexibility index (Phi) is 11.7. The molecule has 0 bridgehead atoms. The average molecular weight is 673 g/mol. The van der Waals surface area contributed by atoms with Crippen LogP contribution in [0.4, 0.5) is 11.4 Å². The van der Waals surface area contributed by atoms with Crippen molar-refractivity contribution in [3.63, 3.8) is 0 Å². The van der Waals surface area contributed by atoms with Crippen LogP contribution in [-0.4, -0.2) is 41.3 Å². The van der Waals surface area contributed by atoms with Crippen LogP contribution >= 0.6 is 0 Å². The molecule has 5 aromatic rings. The van der Waals surface area contributed by atoms with Gasteiger partial charge >= 0.3 is 11.9 Å². The van der Waals surface area contributed by atoms with Crippen molar-refractivity contribution >= 4 is 29.2 Å². The SMILES string of the molecule is C#COc1ccc(C(=O)O)c(C(=O)Nc2ccc(Cc3ccc(NOCc4cc(OCCOc5ccccc5)ccc4C(=O)O)cc3)cc2)c1. The summed E-state index contributed by atoms with van der Waals surface area (Å²) in [5.74, 6) is -1.54. The van der Waals surface area contributed by atoms with Crippen LogP contribution in [-0.2, 0) is 17.9 Å². The number of para-hydroxylation sites is 1. The van der Waals surface area contributed by atoms with E-state index in [9.17, 15) is 24.6 Å². The van der Waals surface area contributed by atoms with Crippen molar-refractivity contribution in [3.05, 3.63) is 149 Å². The minimum atomic E-state index is -1.25. The number of aromatic carboxylic acids is 2. The molecule has 0 fully saturated rings. The van der Waals surface area contributed by atoms with Crippen molar-refractivity contribution in [2.45, 2.75) is 13.0 Å². The first kappa shape index (κ1) is 34.6. The molecule has 5 rings (SSSR count). The van der Waals surface area contributed by atoms with Gasteiger partial charge in [-0.3, -0.25) is 15.1 Å². The first-order valence-corrected chi connectivity index (χ1v) is 15.3. The van der Waals surface area contributed by atoms with Gasteiger partial charge < -0.3 is 29.7 Å². The van der Waals surface area contributed by atoms with Gasteiger partial charge in [0, 0.05) is 5.69 Å². The molecule has 50 heavy (non-hydrogen) atoms. The highest BCUT2D eigenvalue weighted by Crippen LogP contribution is 2.23. The van der Waals surface area contributed by atoms with E-state index in [0.717, 1.165) is 16.9 Å². The van der Waals surface area contributed by atoms with Gasteiger partial charge in [-0.25, -0.2) is 9.59 Å². The maximum absolute atomic E-state index is 12.9. The van der Waals surface area contributed by atoms with Crippen molar-refractivity contribution in [2.24, 2.45) is 0 Å². The second kappa shape index (κ2) is 16.9. The van der Waals surface area contributed by atoms with Gasteiger partial charge in [-0.1, -0.05) is 48.9 Å². The van der Waals surface area contributed by atoms with E-state index < -0.39 is 17.8 Å². The Bertz CT molecular complexity index is 1990. The predicted molar refractivity (Wildman–Crippen MR) is 186 cm³/mol. The highest BCUT2D eigenvalue weighted by molar-refractivity contribution is 6.11. The first-order chi connectivity index (χ1) is 24.3. The monoisotopic (exact) mass is 672 g/mol. The summed E-state index contributed by atoms with van der Waals surface area (Å²) in [5.41, 5.74) is 6.28. The molecule has 0 saturated carbocycles. The number of amides is 1. The number of benzene rings is 5. The molecule has 4 N–H and O–H groups in total. The Morgan fingerprint density at radius 1 is 0.640 bits per heavy atom. The van der Waals surface area contributed by atoms with Gasteiger partial charge in [-0.15, -0.1) is 0 Å². The summed E-state index contributed by atoms with van der Waals surface area (Å²) in [7, 11) is 0. The lowest BCUT2D eigenvalue weighted by Crippen LogP contribution is -2.16. The molecule has 252 valence electrons. The van der Waals surface area contributed by atoms with E-state index in [4.69, 9.17) is 25.5 Å². The zero-order valence-corrected chi connectivity index (χ0v) is 26.6. The number of hydrogen-bond donors (Lipinski definition) is 4. The second-order valence-corrected chi connectivity index (χ2v) is 10.8. The largest absolute Gasteiger partial charge is 0.490 e. The summed E-state index contributed by atoms with van der Waals surface area (Å²) in [6.45, 7) is 0.586. The molecule has 0 atom stereocenters. The van der Waals surface area contributed by atoms with Crippen LogP contribution in [0, 0.1) is 12.5 Å². The predicted octanol–water partition coefficient (Wildman–Crippen LogP) is 6.90.